The quantitative estimate of drug-likeness (QED) is 0.754. The molecule has 0 atom stereocenters. The van der Waals surface area contributed by atoms with Gasteiger partial charge in [-0.05, 0) is 50.7 Å². The second kappa shape index (κ2) is 8.45. The van der Waals surface area contributed by atoms with Gasteiger partial charge in [0.1, 0.15) is 5.82 Å². The van der Waals surface area contributed by atoms with Gasteiger partial charge in [0.25, 0.3) is 5.91 Å². The third-order valence-corrected chi connectivity index (χ3v) is 3.69. The number of carbonyl (C=O) groups is 1. The highest BCUT2D eigenvalue weighted by Crippen LogP contribution is 2.20. The lowest BCUT2D eigenvalue weighted by atomic mass is 9.97. The zero-order chi connectivity index (χ0) is 14.9. The minimum atomic E-state index is -0.0303. The lowest BCUT2D eigenvalue weighted by Gasteiger charge is -2.13. The highest BCUT2D eigenvalue weighted by Gasteiger charge is 2.06. The first-order chi connectivity index (χ1) is 10.3. The molecule has 0 saturated heterocycles. The van der Waals surface area contributed by atoms with Crippen LogP contribution in [-0.4, -0.2) is 24.0 Å². The summed E-state index contributed by atoms with van der Waals surface area (Å²) in [6.07, 6.45) is 11.2. The average Bonchev–Trinajstić information content (AvgIpc) is 2.54. The number of hydrogen-bond donors (Lipinski definition) is 2. The highest BCUT2D eigenvalue weighted by molar-refractivity contribution is 5.94. The Kier molecular flexibility index (Phi) is 6.25. The van der Waals surface area contributed by atoms with Crippen molar-refractivity contribution in [3.63, 3.8) is 0 Å². The summed E-state index contributed by atoms with van der Waals surface area (Å²) < 4.78 is 0. The summed E-state index contributed by atoms with van der Waals surface area (Å²) in [7, 11) is 0. The number of rotatable bonds is 7. The molecule has 1 amide bonds. The summed E-state index contributed by atoms with van der Waals surface area (Å²) in [6, 6.07) is 3.57. The first-order valence-corrected chi connectivity index (χ1v) is 7.95. The number of nitrogens with one attached hydrogen (secondary N) is 2. The van der Waals surface area contributed by atoms with Crippen LogP contribution in [0.3, 0.4) is 0 Å². The topological polar surface area (TPSA) is 54.0 Å². The van der Waals surface area contributed by atoms with Crippen LogP contribution in [0, 0.1) is 0 Å². The molecule has 1 aliphatic rings. The lowest BCUT2D eigenvalue weighted by Crippen LogP contribution is -2.24. The Hall–Kier alpha value is -1.84. The molecule has 2 rings (SSSR count). The Bertz CT molecular complexity index is 497. The Balaban J connectivity index is 1.83. The van der Waals surface area contributed by atoms with Crippen LogP contribution in [0.4, 0.5) is 5.82 Å². The van der Waals surface area contributed by atoms with Crippen LogP contribution in [0.15, 0.2) is 30.0 Å². The zero-order valence-electron chi connectivity index (χ0n) is 12.8. The molecule has 4 heteroatoms. The SMILES string of the molecule is CCCNC(=O)c1ccnc(NCCC2=CCCCC2)c1. The van der Waals surface area contributed by atoms with E-state index in [1.54, 1.807) is 17.8 Å². The maximum atomic E-state index is 11.9. The van der Waals surface area contributed by atoms with Gasteiger partial charge in [0.05, 0.1) is 0 Å². The molecule has 1 heterocycles. The fourth-order valence-electron chi connectivity index (χ4n) is 2.49. The molecule has 4 nitrogen and oxygen atoms in total. The molecular formula is C17H25N3O. The van der Waals surface area contributed by atoms with Gasteiger partial charge in [-0.3, -0.25) is 4.79 Å². The van der Waals surface area contributed by atoms with Crippen LogP contribution >= 0.6 is 0 Å². The molecule has 0 spiro atoms. The van der Waals surface area contributed by atoms with Crippen molar-refractivity contribution in [2.24, 2.45) is 0 Å². The van der Waals surface area contributed by atoms with Gasteiger partial charge in [-0.2, -0.15) is 0 Å². The molecule has 2 N–H and O–H groups in total. The molecule has 21 heavy (non-hydrogen) atoms. The third kappa shape index (κ3) is 5.21. The molecule has 114 valence electrons. The van der Waals surface area contributed by atoms with Gasteiger partial charge >= 0.3 is 0 Å². The van der Waals surface area contributed by atoms with Crippen LogP contribution < -0.4 is 10.6 Å². The molecule has 0 aliphatic heterocycles. The first-order valence-electron chi connectivity index (χ1n) is 7.95. The van der Waals surface area contributed by atoms with Crippen molar-refractivity contribution in [1.82, 2.24) is 10.3 Å². The largest absolute Gasteiger partial charge is 0.370 e. The smallest absolute Gasteiger partial charge is 0.251 e. The van der Waals surface area contributed by atoms with E-state index in [9.17, 15) is 4.79 Å². The second-order valence-electron chi connectivity index (χ2n) is 5.47. The molecule has 0 unspecified atom stereocenters. The standard InChI is InChI=1S/C17H25N3O/c1-2-10-20-17(21)15-9-12-19-16(13-15)18-11-8-14-6-4-3-5-7-14/h6,9,12-13H,2-5,7-8,10-11H2,1H3,(H,18,19)(H,20,21). The summed E-state index contributed by atoms with van der Waals surface area (Å²) in [6.45, 7) is 3.62. The first kappa shape index (κ1) is 15.5. The number of aromatic nitrogens is 1. The normalized spacial score (nSPS) is 14.4. The average molecular weight is 287 g/mol. The van der Waals surface area contributed by atoms with Crippen molar-refractivity contribution in [2.75, 3.05) is 18.4 Å². The highest BCUT2D eigenvalue weighted by atomic mass is 16.1. The molecule has 1 aromatic heterocycles. The minimum Gasteiger partial charge on any atom is -0.370 e. The predicted octanol–water partition coefficient (Wildman–Crippen LogP) is 3.52. The van der Waals surface area contributed by atoms with Crippen molar-refractivity contribution in [3.8, 4) is 0 Å². The van der Waals surface area contributed by atoms with Crippen molar-refractivity contribution in [3.05, 3.63) is 35.5 Å². The monoisotopic (exact) mass is 287 g/mol. The van der Waals surface area contributed by atoms with Gasteiger partial charge in [-0.25, -0.2) is 4.98 Å². The molecule has 0 radical (unpaired) electrons. The lowest BCUT2D eigenvalue weighted by molar-refractivity contribution is 0.0953. The third-order valence-electron chi connectivity index (χ3n) is 3.69. The summed E-state index contributed by atoms with van der Waals surface area (Å²) in [5.74, 6) is 0.743. The van der Waals surface area contributed by atoms with Gasteiger partial charge in [0, 0.05) is 24.8 Å². The number of allylic oxidation sites excluding steroid dienone is 1. The van der Waals surface area contributed by atoms with Gasteiger partial charge in [0.2, 0.25) is 0 Å². The summed E-state index contributed by atoms with van der Waals surface area (Å²) in [4.78, 5) is 16.2. The van der Waals surface area contributed by atoms with Crippen molar-refractivity contribution in [2.45, 2.75) is 45.4 Å². The molecule has 0 fully saturated rings. The van der Waals surface area contributed by atoms with E-state index in [0.29, 0.717) is 12.1 Å². The zero-order valence-corrected chi connectivity index (χ0v) is 12.8. The van der Waals surface area contributed by atoms with E-state index < -0.39 is 0 Å². The Morgan fingerprint density at radius 3 is 3.00 bits per heavy atom. The number of carbonyl (C=O) groups excluding carboxylic acids is 1. The number of hydrogen-bond acceptors (Lipinski definition) is 3. The maximum Gasteiger partial charge on any atom is 0.251 e. The Morgan fingerprint density at radius 2 is 2.24 bits per heavy atom. The second-order valence-corrected chi connectivity index (χ2v) is 5.47. The molecular weight excluding hydrogens is 262 g/mol. The van der Waals surface area contributed by atoms with Gasteiger partial charge in [0.15, 0.2) is 0 Å². The number of nitrogens with zero attached hydrogens (tertiary/aromatic N) is 1. The number of pyridine rings is 1. The molecule has 0 aromatic carbocycles. The number of anilines is 1. The van der Waals surface area contributed by atoms with Gasteiger partial charge < -0.3 is 10.6 Å². The fraction of sp³-hybridized carbons (Fsp3) is 0.529. The maximum absolute atomic E-state index is 11.9. The van der Waals surface area contributed by atoms with Crippen molar-refractivity contribution < 1.29 is 4.79 Å². The van der Waals surface area contributed by atoms with Crippen LogP contribution in [0.1, 0.15) is 55.8 Å². The van der Waals surface area contributed by atoms with Crippen LogP contribution in [0.2, 0.25) is 0 Å². The molecule has 1 aromatic rings. The van der Waals surface area contributed by atoms with E-state index in [1.165, 1.54) is 25.7 Å². The van der Waals surface area contributed by atoms with E-state index in [-0.39, 0.29) is 5.91 Å². The predicted molar refractivity (Wildman–Crippen MR) is 86.5 cm³/mol. The summed E-state index contributed by atoms with van der Waals surface area (Å²) in [5.41, 5.74) is 2.21. The Morgan fingerprint density at radius 1 is 1.33 bits per heavy atom. The summed E-state index contributed by atoms with van der Waals surface area (Å²) >= 11 is 0. The van der Waals surface area contributed by atoms with Crippen LogP contribution in [0.5, 0.6) is 0 Å². The van der Waals surface area contributed by atoms with Crippen molar-refractivity contribution in [1.29, 1.82) is 0 Å². The molecule has 0 bridgehead atoms. The van der Waals surface area contributed by atoms with Crippen LogP contribution in [-0.2, 0) is 0 Å². The van der Waals surface area contributed by atoms with E-state index in [0.717, 1.165) is 25.2 Å². The summed E-state index contributed by atoms with van der Waals surface area (Å²) in [5, 5.41) is 6.19. The van der Waals surface area contributed by atoms with E-state index in [4.69, 9.17) is 0 Å². The Labute approximate surface area is 127 Å². The van der Waals surface area contributed by atoms with Crippen LogP contribution in [0.25, 0.3) is 0 Å². The van der Waals surface area contributed by atoms with Gasteiger partial charge in [-0.1, -0.05) is 18.6 Å². The molecule has 1 aliphatic carbocycles. The van der Waals surface area contributed by atoms with Crippen molar-refractivity contribution >= 4 is 11.7 Å². The van der Waals surface area contributed by atoms with E-state index in [1.807, 2.05) is 13.0 Å². The minimum absolute atomic E-state index is 0.0303. The number of amides is 1. The van der Waals surface area contributed by atoms with Gasteiger partial charge in [-0.15, -0.1) is 0 Å². The fourth-order valence-corrected chi connectivity index (χ4v) is 2.49. The molecule has 0 saturated carbocycles. The van der Waals surface area contributed by atoms with E-state index >= 15 is 0 Å². The van der Waals surface area contributed by atoms with E-state index in [2.05, 4.69) is 21.7 Å².